The van der Waals surface area contributed by atoms with Crippen LogP contribution in [-0.2, 0) is 4.74 Å². The predicted octanol–water partition coefficient (Wildman–Crippen LogP) is 2.60. The molecule has 1 aromatic carbocycles. The number of hydrogen-bond acceptors (Lipinski definition) is 6. The zero-order chi connectivity index (χ0) is 16.0. The monoisotopic (exact) mass is 288 g/mol. The summed E-state index contributed by atoms with van der Waals surface area (Å²) in [4.78, 5) is 11.8. The zero-order valence-electron chi connectivity index (χ0n) is 11.8. The number of ether oxygens (including phenoxy) is 1. The second kappa shape index (κ2) is 6.49. The van der Waals surface area contributed by atoms with E-state index >= 15 is 0 Å². The second-order valence-corrected chi connectivity index (χ2v) is 4.99. The van der Waals surface area contributed by atoms with Crippen molar-refractivity contribution < 1.29 is 13.9 Å². The molecule has 0 unspecified atom stereocenters. The molecule has 21 heavy (non-hydrogen) atoms. The molecule has 0 saturated heterocycles. The second-order valence-electron chi connectivity index (χ2n) is 4.99. The molecule has 0 heterocycles. The Bertz CT molecular complexity index is 647. The summed E-state index contributed by atoms with van der Waals surface area (Å²) in [5.74, 6) is -1.57. The number of nitrogens with one attached hydrogen (secondary N) is 1. The van der Waals surface area contributed by atoms with Crippen LogP contribution < -0.4 is 5.43 Å². The maximum atomic E-state index is 13.8. The van der Waals surface area contributed by atoms with E-state index in [1.807, 2.05) is 0 Å². The van der Waals surface area contributed by atoms with Crippen LogP contribution >= 0.6 is 0 Å². The summed E-state index contributed by atoms with van der Waals surface area (Å²) in [7, 11) is 0. The van der Waals surface area contributed by atoms with E-state index < -0.39 is 23.1 Å². The van der Waals surface area contributed by atoms with Crippen molar-refractivity contribution in [2.75, 3.05) is 5.43 Å². The minimum atomic E-state index is -0.792. The number of carbonyl (C=O) groups is 1. The average molecular weight is 288 g/mol. The van der Waals surface area contributed by atoms with Crippen molar-refractivity contribution in [1.82, 2.24) is 0 Å². The van der Waals surface area contributed by atoms with Gasteiger partial charge in [-0.15, -0.1) is 0 Å². The van der Waals surface area contributed by atoms with E-state index in [1.165, 1.54) is 12.1 Å². The molecular weight excluding hydrogens is 275 g/mol. The van der Waals surface area contributed by atoms with Crippen LogP contribution in [0.2, 0.25) is 0 Å². The maximum Gasteiger partial charge on any atom is 0.341 e. The lowest BCUT2D eigenvalue weighted by molar-refractivity contribution is 0.00648. The Morgan fingerprint density at radius 2 is 1.95 bits per heavy atom. The van der Waals surface area contributed by atoms with Crippen LogP contribution in [0.15, 0.2) is 23.3 Å². The van der Waals surface area contributed by atoms with Gasteiger partial charge >= 0.3 is 5.97 Å². The quantitative estimate of drug-likeness (QED) is 0.523. The van der Waals surface area contributed by atoms with E-state index in [-0.39, 0.29) is 11.3 Å². The number of hydrazone groups is 1. The first-order chi connectivity index (χ1) is 9.76. The van der Waals surface area contributed by atoms with Gasteiger partial charge in [-0.1, -0.05) is 0 Å². The highest BCUT2D eigenvalue weighted by atomic mass is 19.1. The highest BCUT2D eigenvalue weighted by molar-refractivity contribution is 6.10. The molecular formula is C14H13FN4O2. The fourth-order valence-corrected chi connectivity index (χ4v) is 1.28. The number of hydrogen-bond donors (Lipinski definition) is 1. The van der Waals surface area contributed by atoms with Crippen molar-refractivity contribution >= 4 is 17.4 Å². The van der Waals surface area contributed by atoms with Crippen LogP contribution in [0.1, 0.15) is 31.1 Å². The third kappa shape index (κ3) is 4.92. The van der Waals surface area contributed by atoms with Crippen molar-refractivity contribution in [2.45, 2.75) is 26.4 Å². The summed E-state index contributed by atoms with van der Waals surface area (Å²) in [6.07, 6.45) is 0. The number of anilines is 1. The van der Waals surface area contributed by atoms with Crippen LogP contribution in [0.3, 0.4) is 0 Å². The normalized spacial score (nSPS) is 10.0. The van der Waals surface area contributed by atoms with E-state index in [0.717, 1.165) is 6.07 Å². The summed E-state index contributed by atoms with van der Waals surface area (Å²) < 4.78 is 18.9. The van der Waals surface area contributed by atoms with Gasteiger partial charge in [-0.3, -0.25) is 5.43 Å². The van der Waals surface area contributed by atoms with Crippen molar-refractivity contribution in [3.63, 3.8) is 0 Å². The van der Waals surface area contributed by atoms with Crippen molar-refractivity contribution in [1.29, 1.82) is 10.5 Å². The molecule has 0 amide bonds. The van der Waals surface area contributed by atoms with Crippen molar-refractivity contribution in [2.24, 2.45) is 5.10 Å². The number of esters is 1. The van der Waals surface area contributed by atoms with Crippen LogP contribution in [0.4, 0.5) is 10.1 Å². The number of carbonyl (C=O) groups excluding carboxylic acids is 1. The van der Waals surface area contributed by atoms with E-state index in [2.05, 4.69) is 10.5 Å². The third-order valence-electron chi connectivity index (χ3n) is 2.10. The fraction of sp³-hybridized carbons (Fsp3) is 0.286. The third-order valence-corrected chi connectivity index (χ3v) is 2.10. The topological polar surface area (TPSA) is 98.3 Å². The van der Waals surface area contributed by atoms with E-state index in [9.17, 15) is 9.18 Å². The molecule has 0 spiro atoms. The minimum Gasteiger partial charge on any atom is -0.456 e. The number of halogens is 1. The van der Waals surface area contributed by atoms with Gasteiger partial charge in [0.05, 0.1) is 11.3 Å². The number of nitriles is 2. The van der Waals surface area contributed by atoms with Gasteiger partial charge in [0, 0.05) is 0 Å². The molecule has 0 bridgehead atoms. The number of rotatable bonds is 3. The van der Waals surface area contributed by atoms with Crippen molar-refractivity contribution in [3.8, 4) is 12.1 Å². The molecule has 0 radical (unpaired) electrons. The molecule has 0 aliphatic carbocycles. The largest absolute Gasteiger partial charge is 0.456 e. The molecule has 1 N–H and O–H groups in total. The highest BCUT2D eigenvalue weighted by Crippen LogP contribution is 2.18. The predicted molar refractivity (Wildman–Crippen MR) is 73.9 cm³/mol. The highest BCUT2D eigenvalue weighted by Gasteiger charge is 2.20. The summed E-state index contributed by atoms with van der Waals surface area (Å²) >= 11 is 0. The van der Waals surface area contributed by atoms with Gasteiger partial charge in [-0.05, 0) is 39.0 Å². The molecule has 0 aliphatic heterocycles. The van der Waals surface area contributed by atoms with E-state index in [4.69, 9.17) is 15.3 Å². The van der Waals surface area contributed by atoms with Crippen LogP contribution in [0.25, 0.3) is 0 Å². The lowest BCUT2D eigenvalue weighted by atomic mass is 10.1. The van der Waals surface area contributed by atoms with Gasteiger partial charge < -0.3 is 4.74 Å². The molecule has 0 fully saturated rings. The molecule has 1 aromatic rings. The van der Waals surface area contributed by atoms with Gasteiger partial charge in [0.2, 0.25) is 5.71 Å². The molecule has 7 heteroatoms. The SMILES string of the molecule is CC(C)(C)OC(=O)c1ccc(NN=C(C#N)C#N)cc1F. The molecule has 0 aromatic heterocycles. The lowest BCUT2D eigenvalue weighted by Gasteiger charge is -2.19. The molecule has 1 rings (SSSR count). The first kappa shape index (κ1) is 16.1. The number of benzene rings is 1. The Morgan fingerprint density at radius 1 is 1.33 bits per heavy atom. The molecule has 0 saturated carbocycles. The van der Waals surface area contributed by atoms with Gasteiger partial charge in [0.25, 0.3) is 0 Å². The van der Waals surface area contributed by atoms with Crippen molar-refractivity contribution in [3.05, 3.63) is 29.6 Å². The number of nitrogens with zero attached hydrogens (tertiary/aromatic N) is 3. The Hall–Kier alpha value is -2.93. The molecule has 108 valence electrons. The fourth-order valence-electron chi connectivity index (χ4n) is 1.28. The molecule has 0 atom stereocenters. The van der Waals surface area contributed by atoms with Gasteiger partial charge in [0.1, 0.15) is 23.6 Å². The maximum absolute atomic E-state index is 13.8. The standard InChI is InChI=1S/C14H13FN4O2/c1-14(2,3)21-13(20)11-5-4-9(6-12(11)15)18-19-10(7-16)8-17/h4-6,18H,1-3H3. The first-order valence-electron chi connectivity index (χ1n) is 5.93. The minimum absolute atomic E-state index is 0.197. The van der Waals surface area contributed by atoms with Crippen LogP contribution in [-0.4, -0.2) is 17.3 Å². The smallest absolute Gasteiger partial charge is 0.341 e. The Morgan fingerprint density at radius 3 is 2.43 bits per heavy atom. The van der Waals surface area contributed by atoms with Crippen LogP contribution in [0.5, 0.6) is 0 Å². The summed E-state index contributed by atoms with van der Waals surface area (Å²) in [5.41, 5.74) is 1.22. The Labute approximate surface area is 121 Å². The average Bonchev–Trinajstić information content (AvgIpc) is 2.37. The van der Waals surface area contributed by atoms with E-state index in [1.54, 1.807) is 32.9 Å². The Balaban J connectivity index is 2.92. The molecule has 0 aliphatic rings. The lowest BCUT2D eigenvalue weighted by Crippen LogP contribution is -2.24. The van der Waals surface area contributed by atoms with E-state index in [0.29, 0.717) is 0 Å². The zero-order valence-corrected chi connectivity index (χ0v) is 11.8. The Kier molecular flexibility index (Phi) is 4.98. The van der Waals surface area contributed by atoms with Gasteiger partial charge in [0.15, 0.2) is 0 Å². The molecule has 6 nitrogen and oxygen atoms in total. The summed E-state index contributed by atoms with van der Waals surface area (Å²) in [6.45, 7) is 5.04. The summed E-state index contributed by atoms with van der Waals surface area (Å²) in [6, 6.07) is 6.75. The van der Waals surface area contributed by atoms with Crippen LogP contribution in [0, 0.1) is 28.5 Å². The van der Waals surface area contributed by atoms with Gasteiger partial charge in [-0.25, -0.2) is 9.18 Å². The first-order valence-corrected chi connectivity index (χ1v) is 5.93. The summed E-state index contributed by atoms with van der Waals surface area (Å²) in [5, 5.41) is 20.5. The van der Waals surface area contributed by atoms with Gasteiger partial charge in [-0.2, -0.15) is 15.6 Å².